The molecule has 82 valence electrons. The van der Waals surface area contributed by atoms with Gasteiger partial charge in [-0.15, -0.1) is 11.3 Å². The maximum Gasteiger partial charge on any atom is 0.267 e. The van der Waals surface area contributed by atoms with Gasteiger partial charge in [-0.1, -0.05) is 0 Å². The van der Waals surface area contributed by atoms with Gasteiger partial charge in [0.05, 0.1) is 5.69 Å². The highest BCUT2D eigenvalue weighted by molar-refractivity contribution is 7.13. The van der Waals surface area contributed by atoms with E-state index in [2.05, 4.69) is 5.32 Å². The normalized spacial score (nSPS) is 18.8. The first-order valence-electron chi connectivity index (χ1n) is 5.09. The quantitative estimate of drug-likeness (QED) is 0.741. The van der Waals surface area contributed by atoms with Crippen molar-refractivity contribution in [3.8, 4) is 0 Å². The molecular formula is C11H10N2O2S. The molecule has 0 fully saturated rings. The van der Waals surface area contributed by atoms with Gasteiger partial charge in [0.1, 0.15) is 4.88 Å². The van der Waals surface area contributed by atoms with Crippen LogP contribution in [0, 0.1) is 0 Å². The van der Waals surface area contributed by atoms with Crippen LogP contribution in [0.5, 0.6) is 0 Å². The number of aryl methyl sites for hydroxylation is 1. The van der Waals surface area contributed by atoms with Crippen LogP contribution in [-0.2, 0) is 11.2 Å². The number of allylic oxidation sites excluding steroid dienone is 1. The summed E-state index contributed by atoms with van der Waals surface area (Å²) in [5.41, 5.74) is 2.59. The first-order chi connectivity index (χ1) is 7.66. The Labute approximate surface area is 96.6 Å². The third kappa shape index (κ3) is 1.21. The van der Waals surface area contributed by atoms with Crippen molar-refractivity contribution in [2.24, 2.45) is 0 Å². The van der Waals surface area contributed by atoms with E-state index in [4.69, 9.17) is 0 Å². The minimum absolute atomic E-state index is 0.0583. The van der Waals surface area contributed by atoms with Gasteiger partial charge in [0.25, 0.3) is 5.91 Å². The van der Waals surface area contributed by atoms with Crippen molar-refractivity contribution in [1.82, 2.24) is 5.32 Å². The number of thiophene rings is 1. The Kier molecular flexibility index (Phi) is 1.91. The molecule has 0 saturated carbocycles. The van der Waals surface area contributed by atoms with E-state index >= 15 is 0 Å². The lowest BCUT2D eigenvalue weighted by atomic mass is 10.0. The average molecular weight is 234 g/mol. The molecule has 0 saturated heterocycles. The van der Waals surface area contributed by atoms with Crippen molar-refractivity contribution in [3.05, 3.63) is 27.7 Å². The maximum atomic E-state index is 11.8. The molecule has 0 aromatic carbocycles. The fourth-order valence-corrected chi connectivity index (χ4v) is 3.06. The van der Waals surface area contributed by atoms with Crippen LogP contribution >= 0.6 is 11.3 Å². The van der Waals surface area contributed by atoms with Crippen LogP contribution < -0.4 is 10.2 Å². The number of hydrogen-bond acceptors (Lipinski definition) is 3. The Morgan fingerprint density at radius 1 is 1.38 bits per heavy atom. The molecule has 3 rings (SSSR count). The van der Waals surface area contributed by atoms with Crippen molar-refractivity contribution in [2.45, 2.75) is 19.8 Å². The zero-order valence-corrected chi connectivity index (χ0v) is 9.56. The van der Waals surface area contributed by atoms with Gasteiger partial charge in [-0.05, 0) is 24.3 Å². The van der Waals surface area contributed by atoms with E-state index in [9.17, 15) is 9.59 Å². The first kappa shape index (κ1) is 9.59. The van der Waals surface area contributed by atoms with Gasteiger partial charge < -0.3 is 5.32 Å². The van der Waals surface area contributed by atoms with Gasteiger partial charge in [-0.3, -0.25) is 14.5 Å². The molecule has 0 aliphatic carbocycles. The predicted octanol–water partition coefficient (Wildman–Crippen LogP) is 1.63. The van der Waals surface area contributed by atoms with Crippen LogP contribution in [0.15, 0.2) is 17.3 Å². The topological polar surface area (TPSA) is 49.4 Å². The molecule has 2 aliphatic rings. The molecule has 2 aliphatic heterocycles. The lowest BCUT2D eigenvalue weighted by molar-refractivity contribution is -0.118. The van der Waals surface area contributed by atoms with Crippen LogP contribution in [0.4, 0.5) is 5.69 Å². The van der Waals surface area contributed by atoms with Crippen molar-refractivity contribution in [1.29, 1.82) is 0 Å². The average Bonchev–Trinajstić information content (AvgIpc) is 2.60. The smallest absolute Gasteiger partial charge is 0.267 e. The van der Waals surface area contributed by atoms with Gasteiger partial charge in [-0.25, -0.2) is 0 Å². The highest BCUT2D eigenvalue weighted by Gasteiger charge is 2.31. The summed E-state index contributed by atoms with van der Waals surface area (Å²) in [6, 6.07) is 0. The largest absolute Gasteiger partial charge is 0.324 e. The second-order valence-corrected chi connectivity index (χ2v) is 4.85. The third-order valence-electron chi connectivity index (χ3n) is 2.80. The van der Waals surface area contributed by atoms with Gasteiger partial charge in [0, 0.05) is 18.3 Å². The third-order valence-corrected chi connectivity index (χ3v) is 3.81. The maximum absolute atomic E-state index is 11.8. The van der Waals surface area contributed by atoms with Crippen LogP contribution in [0.2, 0.25) is 0 Å². The monoisotopic (exact) mass is 234 g/mol. The number of rotatable bonds is 0. The van der Waals surface area contributed by atoms with E-state index in [-0.39, 0.29) is 11.8 Å². The zero-order chi connectivity index (χ0) is 11.3. The summed E-state index contributed by atoms with van der Waals surface area (Å²) in [4.78, 5) is 25.9. The summed E-state index contributed by atoms with van der Waals surface area (Å²) in [6.45, 7) is 1.79. The van der Waals surface area contributed by atoms with Crippen LogP contribution in [0.25, 0.3) is 0 Å². The van der Waals surface area contributed by atoms with Crippen molar-refractivity contribution < 1.29 is 9.59 Å². The summed E-state index contributed by atoms with van der Waals surface area (Å²) < 4.78 is 0. The molecule has 1 aromatic heterocycles. The number of amides is 2. The fourth-order valence-electron chi connectivity index (χ4n) is 2.08. The summed E-state index contributed by atoms with van der Waals surface area (Å²) in [7, 11) is 0. The van der Waals surface area contributed by atoms with Gasteiger partial charge >= 0.3 is 0 Å². The first-order valence-corrected chi connectivity index (χ1v) is 5.97. The molecule has 1 N–H and O–H groups in total. The highest BCUT2D eigenvalue weighted by Crippen LogP contribution is 2.38. The summed E-state index contributed by atoms with van der Waals surface area (Å²) in [5, 5.41) is 4.73. The molecule has 4 nitrogen and oxygen atoms in total. The highest BCUT2D eigenvalue weighted by atomic mass is 32.1. The molecule has 0 unspecified atom stereocenters. The molecule has 0 atom stereocenters. The Hall–Kier alpha value is -1.62. The number of anilines is 1. The Balaban J connectivity index is 2.26. The van der Waals surface area contributed by atoms with Crippen LogP contribution in [0.1, 0.15) is 28.6 Å². The SMILES string of the molecule is CC1=CN2C(=O)CCc3csc(c32)C(=O)N1. The molecule has 5 heteroatoms. The Morgan fingerprint density at radius 3 is 3.00 bits per heavy atom. The zero-order valence-electron chi connectivity index (χ0n) is 8.74. The van der Waals surface area contributed by atoms with Gasteiger partial charge in [0.2, 0.25) is 5.91 Å². The van der Waals surface area contributed by atoms with Crippen LogP contribution in [0.3, 0.4) is 0 Å². The number of nitrogens with zero attached hydrogens (tertiary/aromatic N) is 1. The van der Waals surface area contributed by atoms with Gasteiger partial charge in [0.15, 0.2) is 0 Å². The molecule has 2 amide bonds. The molecule has 0 bridgehead atoms. The van der Waals surface area contributed by atoms with Gasteiger partial charge in [-0.2, -0.15) is 0 Å². The van der Waals surface area contributed by atoms with E-state index in [0.717, 1.165) is 17.7 Å². The van der Waals surface area contributed by atoms with E-state index in [1.165, 1.54) is 11.3 Å². The van der Waals surface area contributed by atoms with Crippen molar-refractivity contribution in [3.63, 3.8) is 0 Å². The Morgan fingerprint density at radius 2 is 2.19 bits per heavy atom. The number of carbonyl (C=O) groups is 2. The van der Waals surface area contributed by atoms with Crippen LogP contribution in [-0.4, -0.2) is 11.8 Å². The summed E-state index contributed by atoms with van der Waals surface area (Å²) in [5.74, 6) is -0.0554. The van der Waals surface area contributed by atoms with E-state index in [0.29, 0.717) is 17.0 Å². The lowest BCUT2D eigenvalue weighted by Crippen LogP contribution is -2.30. The van der Waals surface area contributed by atoms with Crippen molar-refractivity contribution >= 4 is 28.8 Å². The van der Waals surface area contributed by atoms with Crippen molar-refractivity contribution in [2.75, 3.05) is 4.90 Å². The number of carbonyl (C=O) groups excluding carboxylic acids is 2. The molecule has 1 aromatic rings. The molecule has 0 radical (unpaired) electrons. The second kappa shape index (κ2) is 3.18. The van der Waals surface area contributed by atoms with E-state index < -0.39 is 0 Å². The standard InChI is InChI=1S/C11H10N2O2S/c1-6-4-13-8(14)3-2-7-5-16-10(9(7)13)11(15)12-6/h4-5H,2-3H2,1H3,(H,12,15). The van der Waals surface area contributed by atoms with E-state index in [1.54, 1.807) is 18.0 Å². The molecule has 0 spiro atoms. The summed E-state index contributed by atoms with van der Waals surface area (Å²) >= 11 is 1.41. The predicted molar refractivity (Wildman–Crippen MR) is 61.3 cm³/mol. The fraction of sp³-hybridized carbons (Fsp3) is 0.273. The second-order valence-electron chi connectivity index (χ2n) is 3.97. The molecule has 3 heterocycles. The molecule has 16 heavy (non-hydrogen) atoms. The lowest BCUT2D eigenvalue weighted by Gasteiger charge is -2.23. The number of nitrogens with one attached hydrogen (secondary N) is 1. The summed E-state index contributed by atoms with van der Waals surface area (Å²) in [6.07, 6.45) is 2.96. The molecular weight excluding hydrogens is 224 g/mol. The van der Waals surface area contributed by atoms with E-state index in [1.807, 2.05) is 5.38 Å². The Bertz CT molecular complexity index is 530. The number of hydrogen-bond donors (Lipinski definition) is 1. The minimum Gasteiger partial charge on any atom is -0.324 e. The minimum atomic E-state index is -0.114.